The van der Waals surface area contributed by atoms with E-state index < -0.39 is 36.1 Å². The molecule has 6 N–H and O–H groups in total. The molecule has 4 aromatic carbocycles. The fourth-order valence-electron chi connectivity index (χ4n) is 4.95. The molecule has 1 fully saturated rings. The molecular weight excluding hydrogens is 771 g/mol. The van der Waals surface area contributed by atoms with Crippen LogP contribution in [0.4, 0.5) is 22.7 Å². The Kier molecular flexibility index (Phi) is 18.4. The first-order valence-corrected chi connectivity index (χ1v) is 18.1. The first-order chi connectivity index (χ1) is 27.0. The van der Waals surface area contributed by atoms with Gasteiger partial charge in [0.1, 0.15) is 12.1 Å². The van der Waals surface area contributed by atoms with Crippen LogP contribution in [0.2, 0.25) is 10.0 Å². The molecule has 14 nitrogen and oxygen atoms in total. The van der Waals surface area contributed by atoms with Crippen LogP contribution in [0.3, 0.4) is 0 Å². The number of ether oxygens (including phenoxy) is 1. The van der Waals surface area contributed by atoms with Gasteiger partial charge in [0.05, 0.1) is 25.4 Å². The van der Waals surface area contributed by atoms with E-state index in [1.807, 2.05) is 30.3 Å². The number of benzene rings is 4. The number of hydrogen-bond donors (Lipinski definition) is 6. The number of aromatic nitrogens is 2. The molecule has 1 saturated heterocycles. The third-order valence-electron chi connectivity index (χ3n) is 7.92. The molecule has 0 saturated carbocycles. The van der Waals surface area contributed by atoms with Gasteiger partial charge in [-0.25, -0.2) is 9.69 Å². The largest absolute Gasteiger partial charge is 0.418 e. The Morgan fingerprint density at radius 1 is 0.754 bits per heavy atom. The number of carbonyl (C=O) groups excluding carboxylic acids is 2. The van der Waals surface area contributed by atoms with Gasteiger partial charge in [0.2, 0.25) is 23.2 Å². The lowest BCUT2D eigenvalue weighted by atomic mass is 10.1. The predicted octanol–water partition coefficient (Wildman–Crippen LogP) is 8.42. The van der Waals surface area contributed by atoms with Gasteiger partial charge in [-0.05, 0) is 75.2 Å². The third-order valence-corrected chi connectivity index (χ3v) is 8.52. The zero-order valence-corrected chi connectivity index (χ0v) is 32.0. The van der Waals surface area contributed by atoms with Gasteiger partial charge < -0.3 is 30.0 Å². The molecule has 5 aromatic rings. The Balaban J connectivity index is 0.000000267. The second-order valence-corrected chi connectivity index (χ2v) is 13.0. The second-order valence-electron chi connectivity index (χ2n) is 12.2. The molecule has 0 aliphatic carbocycles. The number of aliphatic hydroxyl groups excluding tert-OH is 2. The molecular formula is C41H44Cl2N8O6. The van der Waals surface area contributed by atoms with Crippen molar-refractivity contribution in [1.82, 2.24) is 21.0 Å². The highest BCUT2D eigenvalue weighted by molar-refractivity contribution is 6.34. The van der Waals surface area contributed by atoms with Crippen LogP contribution < -0.4 is 21.5 Å². The standard InChI is InChI=1S/C18H17ClN4O3.C18H15ClN4O2.C4H8O.CH4/c1-11(24)16(21-13-8-9-15(20-2)14(19)10-13)18(26)23-22-17(25)12-6-4-3-5-7-12;1-11(24)16(21-13-8-9-15(20-2)14(19)10-13)18-23-22-17(25-18)12-6-4-3-5-7-12;1-2-4-5-3-1;/h3-11,16,21,24H,1H3,(H,22,25)(H,23,26);3-11,16,21,24H,1H3;1-4H2;1H4/t2*11-,16+;;/m00../s1. The number of hydrogen-bond acceptors (Lipinski definition) is 10. The fraction of sp³-hybridized carbons (Fsp3) is 0.268. The number of carbonyl (C=O) groups is 2. The summed E-state index contributed by atoms with van der Waals surface area (Å²) >= 11 is 12.0. The SMILES string of the molecule is C.C1CCOC1.[C-]#[N+]c1ccc(N[C@@H](C(=O)NNC(=O)c2ccccc2)[C@H](C)O)cc1Cl.[C-]#[N+]c1ccc(N[C@@H](c2nnc(-c3ccccc3)o2)[C@H](C)O)cc1Cl. The molecule has 1 aliphatic rings. The lowest BCUT2D eigenvalue weighted by molar-refractivity contribution is -0.124. The zero-order chi connectivity index (χ0) is 40.5. The van der Waals surface area contributed by atoms with Crippen LogP contribution in [-0.4, -0.2) is 63.7 Å². The van der Waals surface area contributed by atoms with Crippen molar-refractivity contribution in [3.63, 3.8) is 0 Å². The Hall–Kier alpha value is -6.00. The highest BCUT2D eigenvalue weighted by atomic mass is 35.5. The Morgan fingerprint density at radius 3 is 1.77 bits per heavy atom. The van der Waals surface area contributed by atoms with Crippen LogP contribution in [0.1, 0.15) is 56.4 Å². The van der Waals surface area contributed by atoms with Crippen molar-refractivity contribution in [3.05, 3.63) is 141 Å². The summed E-state index contributed by atoms with van der Waals surface area (Å²) in [5.41, 5.74) is 7.50. The Labute approximate surface area is 341 Å². The summed E-state index contributed by atoms with van der Waals surface area (Å²) in [5, 5.41) is 34.6. The zero-order valence-electron chi connectivity index (χ0n) is 30.4. The van der Waals surface area contributed by atoms with Crippen molar-refractivity contribution in [2.24, 2.45) is 0 Å². The predicted molar refractivity (Wildman–Crippen MR) is 221 cm³/mol. The van der Waals surface area contributed by atoms with Crippen molar-refractivity contribution in [3.8, 4) is 11.5 Å². The third kappa shape index (κ3) is 13.9. The van der Waals surface area contributed by atoms with Crippen LogP contribution in [0.15, 0.2) is 101 Å². The summed E-state index contributed by atoms with van der Waals surface area (Å²) in [6, 6.07) is 25.6. The monoisotopic (exact) mass is 814 g/mol. The number of rotatable bonds is 10. The summed E-state index contributed by atoms with van der Waals surface area (Å²) in [5.74, 6) is -0.467. The van der Waals surface area contributed by atoms with Gasteiger partial charge in [0, 0.05) is 45.8 Å². The van der Waals surface area contributed by atoms with E-state index in [-0.39, 0.29) is 24.0 Å². The Bertz CT molecular complexity index is 2110. The van der Waals surface area contributed by atoms with Crippen LogP contribution in [-0.2, 0) is 9.53 Å². The molecule has 298 valence electrons. The second kappa shape index (κ2) is 23.2. The van der Waals surface area contributed by atoms with Gasteiger partial charge in [-0.2, -0.15) is 0 Å². The normalized spacial score (nSPS) is 13.5. The molecule has 0 spiro atoms. The van der Waals surface area contributed by atoms with Gasteiger partial charge in [0.15, 0.2) is 0 Å². The fourth-order valence-corrected chi connectivity index (χ4v) is 5.40. The molecule has 0 unspecified atom stereocenters. The van der Waals surface area contributed by atoms with Crippen LogP contribution in [0, 0.1) is 13.1 Å². The number of aliphatic hydroxyl groups is 2. The topological polar surface area (TPSA) is 180 Å². The maximum absolute atomic E-state index is 12.3. The molecule has 0 radical (unpaired) electrons. The quantitative estimate of drug-likeness (QED) is 0.0592. The molecule has 2 amide bonds. The summed E-state index contributed by atoms with van der Waals surface area (Å²) < 4.78 is 10.7. The average Bonchev–Trinajstić information content (AvgIpc) is 3.96. The van der Waals surface area contributed by atoms with E-state index in [4.69, 9.17) is 45.5 Å². The average molecular weight is 816 g/mol. The summed E-state index contributed by atoms with van der Waals surface area (Å²) in [6.07, 6.45) is 0.714. The van der Waals surface area contributed by atoms with E-state index in [1.54, 1.807) is 61.5 Å². The van der Waals surface area contributed by atoms with E-state index in [1.165, 1.54) is 31.9 Å². The number of halogens is 2. The molecule has 57 heavy (non-hydrogen) atoms. The molecule has 0 bridgehead atoms. The molecule has 16 heteroatoms. The summed E-state index contributed by atoms with van der Waals surface area (Å²) in [6.45, 7) is 19.1. The van der Waals surface area contributed by atoms with Crippen LogP contribution in [0.5, 0.6) is 0 Å². The minimum Gasteiger partial charge on any atom is -0.418 e. The lowest BCUT2D eigenvalue weighted by Gasteiger charge is -2.22. The Morgan fingerprint density at radius 2 is 1.30 bits per heavy atom. The summed E-state index contributed by atoms with van der Waals surface area (Å²) in [7, 11) is 0. The highest BCUT2D eigenvalue weighted by Crippen LogP contribution is 2.31. The van der Waals surface area contributed by atoms with Gasteiger partial charge in [-0.1, -0.05) is 79.2 Å². The molecule has 2 heterocycles. The number of nitrogens with zero attached hydrogens (tertiary/aromatic N) is 4. The number of hydrazine groups is 1. The smallest absolute Gasteiger partial charge is 0.269 e. The van der Waals surface area contributed by atoms with Gasteiger partial charge in [0.25, 0.3) is 11.8 Å². The molecule has 1 aromatic heterocycles. The maximum atomic E-state index is 12.3. The number of nitrogens with one attached hydrogen (secondary N) is 4. The van der Waals surface area contributed by atoms with Crippen molar-refractivity contribution in [2.45, 2.75) is 58.4 Å². The van der Waals surface area contributed by atoms with Gasteiger partial charge in [-0.15, -0.1) is 10.2 Å². The van der Waals surface area contributed by atoms with Crippen molar-refractivity contribution in [2.75, 3.05) is 23.8 Å². The molecule has 6 rings (SSSR count). The first-order valence-electron chi connectivity index (χ1n) is 17.4. The van der Waals surface area contributed by atoms with Crippen LogP contribution in [0.25, 0.3) is 21.1 Å². The van der Waals surface area contributed by atoms with Gasteiger partial charge >= 0.3 is 0 Å². The van der Waals surface area contributed by atoms with E-state index >= 15 is 0 Å². The lowest BCUT2D eigenvalue weighted by Crippen LogP contribution is -2.52. The van der Waals surface area contributed by atoms with Crippen molar-refractivity contribution in [1.29, 1.82) is 0 Å². The van der Waals surface area contributed by atoms with E-state index in [0.717, 1.165) is 18.8 Å². The van der Waals surface area contributed by atoms with Crippen LogP contribution >= 0.6 is 23.2 Å². The van der Waals surface area contributed by atoms with Crippen molar-refractivity contribution < 1.29 is 29.0 Å². The van der Waals surface area contributed by atoms with E-state index in [9.17, 15) is 19.8 Å². The maximum Gasteiger partial charge on any atom is 0.269 e. The van der Waals surface area contributed by atoms with E-state index in [0.29, 0.717) is 33.5 Å². The number of anilines is 2. The van der Waals surface area contributed by atoms with E-state index in [2.05, 4.69) is 41.4 Å². The minimum atomic E-state index is -1.05. The first kappa shape index (κ1) is 45.4. The number of amides is 2. The van der Waals surface area contributed by atoms with Gasteiger partial charge in [-0.3, -0.25) is 20.4 Å². The molecule has 1 aliphatic heterocycles. The van der Waals surface area contributed by atoms with Crippen molar-refractivity contribution >= 4 is 57.8 Å². The summed E-state index contributed by atoms with van der Waals surface area (Å²) in [4.78, 5) is 30.8. The molecule has 4 atom stereocenters. The minimum absolute atomic E-state index is 0. The highest BCUT2D eigenvalue weighted by Gasteiger charge is 2.26.